The molecule has 1 fully saturated rings. The van der Waals surface area contributed by atoms with E-state index in [1.54, 1.807) is 13.8 Å². The molecule has 2 N–H and O–H groups in total. The van der Waals surface area contributed by atoms with Gasteiger partial charge < -0.3 is 14.9 Å². The molecule has 32 heavy (non-hydrogen) atoms. The molecule has 3 rings (SSSR count). The van der Waals surface area contributed by atoms with Crippen LogP contribution in [0.15, 0.2) is 35.4 Å². The lowest BCUT2D eigenvalue weighted by molar-refractivity contribution is -0.157. The highest BCUT2D eigenvalue weighted by atomic mass is 35.5. The van der Waals surface area contributed by atoms with Crippen LogP contribution in [0.1, 0.15) is 81.0 Å². The van der Waals surface area contributed by atoms with E-state index in [9.17, 15) is 19.8 Å². The van der Waals surface area contributed by atoms with Crippen LogP contribution < -0.4 is 0 Å². The second-order valence-electron chi connectivity index (χ2n) is 9.63. The van der Waals surface area contributed by atoms with Gasteiger partial charge in [-0.25, -0.2) is 0 Å². The maximum absolute atomic E-state index is 13.9. The van der Waals surface area contributed by atoms with Crippen LogP contribution in [-0.4, -0.2) is 43.2 Å². The lowest BCUT2D eigenvalue weighted by Crippen LogP contribution is -2.72. The normalized spacial score (nSPS) is 29.3. The third kappa shape index (κ3) is 4.00. The number of fused-ring (bicyclic) bond motifs is 2. The van der Waals surface area contributed by atoms with Crippen LogP contribution in [0.4, 0.5) is 0 Å². The summed E-state index contributed by atoms with van der Waals surface area (Å²) in [4.78, 5) is 25.7. The number of allylic oxidation sites excluding steroid dienone is 3. The van der Waals surface area contributed by atoms with Crippen LogP contribution in [-0.2, 0) is 4.74 Å². The van der Waals surface area contributed by atoms with Gasteiger partial charge in [-0.2, -0.15) is 0 Å². The Hall–Kier alpha value is -1.82. The molecule has 1 heterocycles. The molecular formula is C25H30Cl2O5. The summed E-state index contributed by atoms with van der Waals surface area (Å²) in [6.07, 6.45) is 5.74. The number of carbonyl (C=O) groups excluding carboxylic acids is 2. The van der Waals surface area contributed by atoms with Crippen molar-refractivity contribution < 1.29 is 24.5 Å². The zero-order valence-corrected chi connectivity index (χ0v) is 20.6. The fraction of sp³-hybridized carbons (Fsp3) is 0.520. The van der Waals surface area contributed by atoms with E-state index in [2.05, 4.69) is 6.08 Å². The highest BCUT2D eigenvalue weighted by Crippen LogP contribution is 2.56. The predicted molar refractivity (Wildman–Crippen MR) is 126 cm³/mol. The number of rotatable bonds is 5. The van der Waals surface area contributed by atoms with Crippen molar-refractivity contribution in [1.29, 1.82) is 0 Å². The first-order valence-electron chi connectivity index (χ1n) is 10.7. The molecule has 0 spiro atoms. The summed E-state index contributed by atoms with van der Waals surface area (Å²) >= 11 is 13.5. The number of ether oxygens (including phenoxy) is 1. The molecule has 7 heteroatoms. The minimum absolute atomic E-state index is 0.00189. The second kappa shape index (κ2) is 8.51. The summed E-state index contributed by atoms with van der Waals surface area (Å²) in [5, 5.41) is 19.7. The van der Waals surface area contributed by atoms with E-state index in [0.717, 1.165) is 24.5 Å². The fourth-order valence-corrected chi connectivity index (χ4v) is 5.31. The molecule has 1 aromatic carbocycles. The van der Waals surface area contributed by atoms with E-state index in [0.29, 0.717) is 0 Å². The molecule has 174 valence electrons. The average molecular weight is 481 g/mol. The molecule has 0 aromatic heterocycles. The molecule has 1 aliphatic heterocycles. The lowest BCUT2D eigenvalue weighted by atomic mass is 9.63. The van der Waals surface area contributed by atoms with Crippen molar-refractivity contribution in [2.24, 2.45) is 0 Å². The van der Waals surface area contributed by atoms with Crippen molar-refractivity contribution in [2.45, 2.75) is 81.8 Å². The van der Waals surface area contributed by atoms with E-state index in [-0.39, 0.29) is 29.7 Å². The quantitative estimate of drug-likeness (QED) is 0.393. The molecule has 3 atom stereocenters. The van der Waals surface area contributed by atoms with Crippen molar-refractivity contribution in [1.82, 2.24) is 0 Å². The molecular weight excluding hydrogens is 451 g/mol. The third-order valence-electron chi connectivity index (χ3n) is 6.42. The second-order valence-corrected chi connectivity index (χ2v) is 10.8. The standard InChI is InChI=1S/C25H30Cl2O5/c1-14(2)7-6-8-15(3)9-10-25-21(30)17-11-16(28)12-18(29)20(17)22(31)24(25,27)13-19(26)23(4,5)32-25/h7,9,11-12,19,28-29H,6,8,10,13H2,1-5H3/b15-9-/t19-,24+,25+/m0/s1. The Balaban J connectivity index is 2.14. The summed E-state index contributed by atoms with van der Waals surface area (Å²) in [5.41, 5.74) is -0.680. The van der Waals surface area contributed by atoms with Gasteiger partial charge in [0.1, 0.15) is 16.4 Å². The summed E-state index contributed by atoms with van der Waals surface area (Å²) in [6, 6.07) is 2.21. The van der Waals surface area contributed by atoms with Gasteiger partial charge in [-0.3, -0.25) is 9.59 Å². The van der Waals surface area contributed by atoms with Gasteiger partial charge in [0, 0.05) is 18.1 Å². The van der Waals surface area contributed by atoms with Crippen molar-refractivity contribution >= 4 is 34.8 Å². The monoisotopic (exact) mass is 480 g/mol. The third-order valence-corrected chi connectivity index (χ3v) is 7.73. The number of alkyl halides is 2. The molecule has 0 saturated carbocycles. The van der Waals surface area contributed by atoms with Crippen molar-refractivity contribution in [3.05, 3.63) is 46.6 Å². The Morgan fingerprint density at radius 1 is 1.16 bits per heavy atom. The maximum Gasteiger partial charge on any atom is 0.198 e. The maximum atomic E-state index is 13.9. The Kier molecular flexibility index (Phi) is 6.60. The van der Waals surface area contributed by atoms with Crippen LogP contribution >= 0.6 is 23.2 Å². The minimum Gasteiger partial charge on any atom is -0.508 e. The van der Waals surface area contributed by atoms with Gasteiger partial charge in [-0.1, -0.05) is 23.3 Å². The van der Waals surface area contributed by atoms with E-state index < -0.39 is 38.8 Å². The van der Waals surface area contributed by atoms with Gasteiger partial charge in [0.15, 0.2) is 17.2 Å². The van der Waals surface area contributed by atoms with Crippen molar-refractivity contribution in [3.63, 3.8) is 0 Å². The lowest BCUT2D eigenvalue weighted by Gasteiger charge is -2.56. The summed E-state index contributed by atoms with van der Waals surface area (Å²) in [6.45, 7) is 9.57. The van der Waals surface area contributed by atoms with Gasteiger partial charge in [0.2, 0.25) is 0 Å². The number of Topliss-reactive ketones (excluding diaryl/α,β-unsaturated/α-hetero) is 2. The molecule has 0 radical (unpaired) electrons. The van der Waals surface area contributed by atoms with Crippen LogP contribution in [0.5, 0.6) is 11.5 Å². The van der Waals surface area contributed by atoms with E-state index in [1.807, 2.05) is 26.8 Å². The Morgan fingerprint density at radius 3 is 2.44 bits per heavy atom. The SMILES string of the molecule is CC(C)=CCC/C(C)=C\C[C@]12OC(C)(C)[C@@H](Cl)C[C@@]1(Cl)C(=O)c1c(O)cc(O)cc1C2=O. The molecule has 2 aliphatic rings. The number of hydrogen-bond acceptors (Lipinski definition) is 5. The van der Waals surface area contributed by atoms with Gasteiger partial charge in [0.05, 0.1) is 16.5 Å². The molecule has 0 bridgehead atoms. The first-order chi connectivity index (χ1) is 14.7. The number of phenols is 2. The van der Waals surface area contributed by atoms with Crippen molar-refractivity contribution in [3.8, 4) is 11.5 Å². The Morgan fingerprint density at radius 2 is 1.81 bits per heavy atom. The summed E-state index contributed by atoms with van der Waals surface area (Å²) in [5.74, 6) is -1.98. The molecule has 0 amide bonds. The van der Waals surface area contributed by atoms with Crippen LogP contribution in [0.2, 0.25) is 0 Å². The highest BCUT2D eigenvalue weighted by molar-refractivity contribution is 6.45. The molecule has 0 unspecified atom stereocenters. The number of hydrogen-bond donors (Lipinski definition) is 2. The average Bonchev–Trinajstić information content (AvgIpc) is 2.67. The molecule has 1 aromatic rings. The number of halogens is 2. The minimum atomic E-state index is -1.79. The Bertz CT molecular complexity index is 1020. The van der Waals surface area contributed by atoms with Gasteiger partial charge in [-0.15, -0.1) is 23.2 Å². The topological polar surface area (TPSA) is 83.8 Å². The number of benzene rings is 1. The number of aromatic hydroxyl groups is 2. The van der Waals surface area contributed by atoms with Gasteiger partial charge in [0.25, 0.3) is 0 Å². The van der Waals surface area contributed by atoms with Gasteiger partial charge in [-0.05, 0) is 59.9 Å². The highest BCUT2D eigenvalue weighted by Gasteiger charge is 2.70. The summed E-state index contributed by atoms with van der Waals surface area (Å²) in [7, 11) is 0. The predicted octanol–water partition coefficient (Wildman–Crippen LogP) is 6.08. The van der Waals surface area contributed by atoms with E-state index in [1.165, 1.54) is 11.6 Å². The number of phenolic OH excluding ortho intramolecular Hbond substituents is 2. The summed E-state index contributed by atoms with van der Waals surface area (Å²) < 4.78 is 6.34. The van der Waals surface area contributed by atoms with E-state index in [4.69, 9.17) is 27.9 Å². The van der Waals surface area contributed by atoms with Crippen molar-refractivity contribution in [2.75, 3.05) is 0 Å². The smallest absolute Gasteiger partial charge is 0.198 e. The van der Waals surface area contributed by atoms with Gasteiger partial charge >= 0.3 is 0 Å². The molecule has 1 saturated heterocycles. The fourth-order valence-electron chi connectivity index (χ4n) is 4.50. The first-order valence-corrected chi connectivity index (χ1v) is 11.5. The zero-order valence-electron chi connectivity index (χ0n) is 19.1. The Labute approximate surface area is 199 Å². The zero-order chi connectivity index (χ0) is 24.1. The number of carbonyl (C=O) groups is 2. The van der Waals surface area contributed by atoms with E-state index >= 15 is 0 Å². The molecule has 1 aliphatic carbocycles. The molecule has 5 nitrogen and oxygen atoms in total. The van der Waals surface area contributed by atoms with Crippen LogP contribution in [0.3, 0.4) is 0 Å². The van der Waals surface area contributed by atoms with Crippen LogP contribution in [0.25, 0.3) is 0 Å². The largest absolute Gasteiger partial charge is 0.508 e. The van der Waals surface area contributed by atoms with Crippen LogP contribution in [0, 0.1) is 0 Å². The number of ketones is 2. The first kappa shape index (κ1) is 24.8.